The minimum absolute atomic E-state index is 0.0974. The third-order valence-electron chi connectivity index (χ3n) is 4.78. The van der Waals surface area contributed by atoms with Crippen LogP contribution in [-0.4, -0.2) is 32.7 Å². The van der Waals surface area contributed by atoms with Crippen LogP contribution in [0.3, 0.4) is 0 Å². The molecule has 2 saturated heterocycles. The van der Waals surface area contributed by atoms with Crippen molar-refractivity contribution in [3.8, 4) is 0 Å². The van der Waals surface area contributed by atoms with E-state index in [1.165, 1.54) is 6.42 Å². The maximum atomic E-state index is 5.92. The Morgan fingerprint density at radius 1 is 0.962 bits per heavy atom. The van der Waals surface area contributed by atoms with Gasteiger partial charge in [-0.25, -0.2) is 0 Å². The Morgan fingerprint density at radius 2 is 1.65 bits per heavy atom. The molecule has 0 unspecified atom stereocenters. The van der Waals surface area contributed by atoms with E-state index in [-0.39, 0.29) is 12.6 Å². The Kier molecular flexibility index (Phi) is 7.96. The van der Waals surface area contributed by atoms with Gasteiger partial charge in [0, 0.05) is 22.4 Å². The average molecular weight is 381 g/mol. The van der Waals surface area contributed by atoms with Crippen LogP contribution in [0.5, 0.6) is 0 Å². The van der Waals surface area contributed by atoms with Crippen LogP contribution in [0.25, 0.3) is 0 Å². The Labute approximate surface area is 161 Å². The van der Waals surface area contributed by atoms with Crippen molar-refractivity contribution in [2.75, 3.05) is 26.4 Å². The lowest BCUT2D eigenvalue weighted by Crippen LogP contribution is -2.33. The molecule has 0 saturated carbocycles. The highest BCUT2D eigenvalue weighted by molar-refractivity contribution is 6.30. The van der Waals surface area contributed by atoms with Crippen LogP contribution in [0.4, 0.5) is 0 Å². The summed E-state index contributed by atoms with van der Waals surface area (Å²) < 4.78 is 23.4. The molecule has 4 nitrogen and oxygen atoms in total. The van der Waals surface area contributed by atoms with E-state index in [4.69, 9.17) is 30.5 Å². The predicted molar refractivity (Wildman–Crippen MR) is 102 cm³/mol. The second-order valence-electron chi connectivity index (χ2n) is 7.07. The smallest absolute Gasteiger partial charge is 0.183 e. The number of allylic oxidation sites excluding steroid dienone is 1. The van der Waals surface area contributed by atoms with Gasteiger partial charge in [0.1, 0.15) is 0 Å². The van der Waals surface area contributed by atoms with Crippen molar-refractivity contribution < 1.29 is 18.9 Å². The van der Waals surface area contributed by atoms with Crippen molar-refractivity contribution in [3.63, 3.8) is 0 Å². The molecular weight excluding hydrogens is 352 g/mol. The molecule has 144 valence electrons. The monoisotopic (exact) mass is 380 g/mol. The molecule has 0 aliphatic carbocycles. The molecule has 2 aliphatic rings. The minimum Gasteiger partial charge on any atom is -0.352 e. The molecule has 0 amide bonds. The van der Waals surface area contributed by atoms with Crippen LogP contribution in [0.2, 0.25) is 5.02 Å². The third kappa shape index (κ3) is 6.07. The first kappa shape index (κ1) is 19.8. The first-order chi connectivity index (χ1) is 12.7. The molecule has 0 radical (unpaired) electrons. The molecule has 3 rings (SSSR count). The van der Waals surface area contributed by atoms with Gasteiger partial charge in [-0.2, -0.15) is 0 Å². The summed E-state index contributed by atoms with van der Waals surface area (Å²) in [5.41, 5.74) is 1.01. The lowest BCUT2D eigenvalue weighted by atomic mass is 10.0. The van der Waals surface area contributed by atoms with Gasteiger partial charge in [-0.05, 0) is 31.4 Å². The molecule has 2 fully saturated rings. The summed E-state index contributed by atoms with van der Waals surface area (Å²) in [6.45, 7) is 5.08. The number of benzene rings is 1. The van der Waals surface area contributed by atoms with E-state index >= 15 is 0 Å². The fourth-order valence-electron chi connectivity index (χ4n) is 3.19. The van der Waals surface area contributed by atoms with Gasteiger partial charge in [-0.3, -0.25) is 0 Å². The maximum absolute atomic E-state index is 5.92. The van der Waals surface area contributed by atoms with E-state index in [1.54, 1.807) is 0 Å². The Hall–Kier alpha value is -0.910. The van der Waals surface area contributed by atoms with Gasteiger partial charge in [0.15, 0.2) is 12.6 Å². The van der Waals surface area contributed by atoms with Crippen LogP contribution < -0.4 is 0 Å². The predicted octanol–water partition coefficient (Wildman–Crippen LogP) is 5.13. The van der Waals surface area contributed by atoms with Gasteiger partial charge in [-0.15, -0.1) is 0 Å². The van der Waals surface area contributed by atoms with Crippen molar-refractivity contribution in [2.45, 2.75) is 45.2 Å². The van der Waals surface area contributed by atoms with Crippen molar-refractivity contribution >= 4 is 11.6 Å². The Balaban J connectivity index is 1.32. The van der Waals surface area contributed by atoms with Gasteiger partial charge >= 0.3 is 0 Å². The maximum Gasteiger partial charge on any atom is 0.183 e. The largest absolute Gasteiger partial charge is 0.352 e. The zero-order valence-electron chi connectivity index (χ0n) is 15.4. The van der Waals surface area contributed by atoms with Gasteiger partial charge < -0.3 is 18.9 Å². The molecule has 1 aromatic carbocycles. The summed E-state index contributed by atoms with van der Waals surface area (Å²) in [6, 6.07) is 7.61. The summed E-state index contributed by atoms with van der Waals surface area (Å²) in [4.78, 5) is 0. The first-order valence-electron chi connectivity index (χ1n) is 9.63. The number of unbranched alkanes of at least 4 members (excludes halogenated alkanes) is 1. The zero-order chi connectivity index (χ0) is 18.2. The van der Waals surface area contributed by atoms with E-state index in [9.17, 15) is 0 Å². The standard InChI is InChI=1S/C21H29ClO4/c1-2-3-4-5-16-12-23-20(24-13-16)11-6-17-14-25-21(26-15-17)18-7-9-19(22)10-8-18/h4-5,7-10,16-17,20-21H,2-3,6,11-15H2,1H3/t16-,17-,20-,21-. The molecular formula is C21H29ClO4. The summed E-state index contributed by atoms with van der Waals surface area (Å²) in [5, 5.41) is 0.720. The summed E-state index contributed by atoms with van der Waals surface area (Å²) in [7, 11) is 0. The second-order valence-corrected chi connectivity index (χ2v) is 7.50. The highest BCUT2D eigenvalue weighted by Crippen LogP contribution is 2.28. The highest BCUT2D eigenvalue weighted by Gasteiger charge is 2.26. The molecule has 0 atom stereocenters. The highest BCUT2D eigenvalue weighted by atomic mass is 35.5. The molecule has 2 aliphatic heterocycles. The normalized spacial score (nSPS) is 29.9. The Bertz CT molecular complexity index is 544. The molecule has 0 N–H and O–H groups in total. The van der Waals surface area contributed by atoms with Crippen molar-refractivity contribution in [1.82, 2.24) is 0 Å². The fourth-order valence-corrected chi connectivity index (χ4v) is 3.31. The summed E-state index contributed by atoms with van der Waals surface area (Å²) >= 11 is 5.92. The number of hydrogen-bond donors (Lipinski definition) is 0. The van der Waals surface area contributed by atoms with Gasteiger partial charge in [0.25, 0.3) is 0 Å². The zero-order valence-corrected chi connectivity index (χ0v) is 16.2. The van der Waals surface area contributed by atoms with Crippen molar-refractivity contribution in [3.05, 3.63) is 47.0 Å². The van der Waals surface area contributed by atoms with E-state index < -0.39 is 0 Å². The SMILES string of the molecule is CCCC=C[C@H]1CO[C@H](CC[C@H]2CO[C@H](c3ccc(Cl)cc3)OC2)OC1. The molecule has 5 heteroatoms. The van der Waals surface area contributed by atoms with E-state index in [0.29, 0.717) is 25.0 Å². The van der Waals surface area contributed by atoms with Crippen molar-refractivity contribution in [2.24, 2.45) is 11.8 Å². The second kappa shape index (κ2) is 10.4. The van der Waals surface area contributed by atoms with Crippen LogP contribution >= 0.6 is 11.6 Å². The molecule has 0 bridgehead atoms. The Morgan fingerprint density at radius 3 is 2.31 bits per heavy atom. The number of ether oxygens (including phenoxy) is 4. The topological polar surface area (TPSA) is 36.9 Å². The first-order valence-corrected chi connectivity index (χ1v) is 10.0. The van der Waals surface area contributed by atoms with Crippen LogP contribution in [0.1, 0.15) is 44.5 Å². The third-order valence-corrected chi connectivity index (χ3v) is 5.03. The fraction of sp³-hybridized carbons (Fsp3) is 0.619. The summed E-state index contributed by atoms with van der Waals surface area (Å²) in [5.74, 6) is 0.771. The van der Waals surface area contributed by atoms with E-state index in [2.05, 4.69) is 19.1 Å². The van der Waals surface area contributed by atoms with Crippen LogP contribution in [0, 0.1) is 11.8 Å². The van der Waals surface area contributed by atoms with Crippen LogP contribution in [-0.2, 0) is 18.9 Å². The van der Waals surface area contributed by atoms with Crippen LogP contribution in [0.15, 0.2) is 36.4 Å². The molecule has 2 heterocycles. The van der Waals surface area contributed by atoms with Gasteiger partial charge in [0.05, 0.1) is 26.4 Å². The quantitative estimate of drug-likeness (QED) is 0.614. The number of hydrogen-bond acceptors (Lipinski definition) is 4. The summed E-state index contributed by atoms with van der Waals surface area (Å²) in [6.07, 6.45) is 8.23. The lowest BCUT2D eigenvalue weighted by molar-refractivity contribution is -0.217. The molecule has 1 aromatic rings. The average Bonchev–Trinajstić information content (AvgIpc) is 2.69. The molecule has 0 spiro atoms. The van der Waals surface area contributed by atoms with Gasteiger partial charge in [-0.1, -0.05) is 49.2 Å². The number of halogens is 1. The minimum atomic E-state index is -0.290. The number of rotatable bonds is 7. The van der Waals surface area contributed by atoms with E-state index in [0.717, 1.165) is 43.1 Å². The molecule has 0 aromatic heterocycles. The van der Waals surface area contributed by atoms with E-state index in [1.807, 2.05) is 24.3 Å². The molecule has 26 heavy (non-hydrogen) atoms. The van der Waals surface area contributed by atoms with Crippen molar-refractivity contribution in [1.29, 1.82) is 0 Å². The lowest BCUT2D eigenvalue weighted by Gasteiger charge is -2.32. The van der Waals surface area contributed by atoms with Gasteiger partial charge in [0.2, 0.25) is 0 Å².